The molecule has 1 aliphatic rings. The van der Waals surface area contributed by atoms with Crippen LogP contribution in [0.5, 0.6) is 0 Å². The van der Waals surface area contributed by atoms with Crippen molar-refractivity contribution in [3.05, 3.63) is 0 Å². The van der Waals surface area contributed by atoms with Crippen LogP contribution in [0.25, 0.3) is 0 Å². The maximum Gasteiger partial charge on any atom is 0.326 e. The van der Waals surface area contributed by atoms with E-state index >= 15 is 0 Å². The van der Waals surface area contributed by atoms with E-state index in [0.29, 0.717) is 32.1 Å². The predicted octanol–water partition coefficient (Wildman–Crippen LogP) is -2.77. The summed E-state index contributed by atoms with van der Waals surface area (Å²) in [6.07, 6.45) is 5.54. The molecular weight excluding hydrogens is 1100 g/mol. The summed E-state index contributed by atoms with van der Waals surface area (Å²) in [5, 5.41) is 70.3. The Labute approximate surface area is 490 Å². The normalized spacial score (nSPS) is 16.9. The Morgan fingerprint density at radius 2 is 0.988 bits per heavy atom. The van der Waals surface area contributed by atoms with E-state index in [1.54, 1.807) is 6.92 Å². The summed E-state index contributed by atoms with van der Waals surface area (Å²) in [5.41, 5.74) is 11.4. The molecule has 1 fully saturated rings. The second kappa shape index (κ2) is 40.3. The van der Waals surface area contributed by atoms with Crippen LogP contribution in [0.3, 0.4) is 0 Å². The predicted molar refractivity (Wildman–Crippen MR) is 302 cm³/mol. The highest BCUT2D eigenvalue weighted by Crippen LogP contribution is 2.20. The maximum absolute atomic E-state index is 14.0. The third-order valence-corrected chi connectivity index (χ3v) is 14.2. The first-order valence-electron chi connectivity index (χ1n) is 29.1. The van der Waals surface area contributed by atoms with Gasteiger partial charge >= 0.3 is 17.9 Å². The fourth-order valence-electron chi connectivity index (χ4n) is 8.99. The fraction of sp³-hybridized carbons (Fsp3) is 0.759. The zero-order valence-electron chi connectivity index (χ0n) is 49.3. The molecule has 0 aromatic heterocycles. The summed E-state index contributed by atoms with van der Waals surface area (Å²) < 4.78 is 0. The van der Waals surface area contributed by atoms with Gasteiger partial charge in [-0.1, -0.05) is 65.7 Å². The van der Waals surface area contributed by atoms with Gasteiger partial charge in [0.15, 0.2) is 0 Å². The lowest BCUT2D eigenvalue weighted by Crippen LogP contribution is -2.61. The van der Waals surface area contributed by atoms with Crippen molar-refractivity contribution < 1.29 is 87.9 Å². The molecule has 0 radical (unpaired) electrons. The van der Waals surface area contributed by atoms with E-state index in [1.807, 2.05) is 5.32 Å². The van der Waals surface area contributed by atoms with Gasteiger partial charge in [0.1, 0.15) is 60.4 Å². The number of amides is 10. The van der Waals surface area contributed by atoms with E-state index in [2.05, 4.69) is 49.5 Å². The Morgan fingerprint density at radius 3 is 1.51 bits per heavy atom. The highest BCUT2D eigenvalue weighted by molar-refractivity contribution is 5.99. The second-order valence-electron chi connectivity index (χ2n) is 21.3. The molecule has 84 heavy (non-hydrogen) atoms. The number of carbonyl (C=O) groups is 13. The van der Waals surface area contributed by atoms with Gasteiger partial charge in [0.25, 0.3) is 0 Å². The average Bonchev–Trinajstić information content (AvgIpc) is 4.09. The molecule has 478 valence electrons. The zero-order chi connectivity index (χ0) is 63.6. The number of carboxylic acid groups (broad SMARTS) is 3. The zero-order valence-corrected chi connectivity index (χ0v) is 49.3. The number of likely N-dealkylation sites (tertiary alicyclic amines) is 1. The number of aliphatic hydroxyl groups is 2. The molecular formula is C54H94N12O18. The highest BCUT2D eigenvalue weighted by Gasteiger charge is 2.40. The van der Waals surface area contributed by atoms with Crippen LogP contribution in [0, 0.1) is 5.92 Å². The highest BCUT2D eigenvalue weighted by atomic mass is 16.4. The molecule has 0 spiro atoms. The Morgan fingerprint density at radius 1 is 0.512 bits per heavy atom. The average molecular weight is 1200 g/mol. The lowest BCUT2D eigenvalue weighted by atomic mass is 9.96. The second-order valence-corrected chi connectivity index (χ2v) is 21.3. The van der Waals surface area contributed by atoms with Crippen LogP contribution in [0.15, 0.2) is 0 Å². The Kier molecular flexibility index (Phi) is 35.9. The molecule has 1 rings (SSSR count). The smallest absolute Gasteiger partial charge is 0.326 e. The summed E-state index contributed by atoms with van der Waals surface area (Å²) in [6.45, 7) is 8.79. The van der Waals surface area contributed by atoms with Gasteiger partial charge in [-0.25, -0.2) is 4.79 Å². The number of nitrogens with two attached hydrogens (primary N) is 2. The molecule has 0 unspecified atom stereocenters. The molecule has 1 saturated heterocycles. The minimum absolute atomic E-state index is 0.0393. The first-order chi connectivity index (χ1) is 39.7. The van der Waals surface area contributed by atoms with Crippen LogP contribution in [0.1, 0.15) is 164 Å². The molecule has 18 N–H and O–H groups in total. The standard InChI is InChI=1S/C54H94N12O18/c1-7-9-10-11-12-13-14-23-40(69)64-44(33(6)68)52(81)57-31(4)45(74)59-34(20-15-17-24-55)46(75)58-32(5)53(82)66-26-19-22-39(66)50(79)63-38(29-67)49(78)60-35(21-16-18-25-56)47(76)65-43(30(3)8-2)51(80)61-36(27-41(70)71)48(77)62-37(54(83)84)28-42(72)73/h30-39,43-44,67-68H,7-29,55-56H2,1-6H3,(H,57,81)(H,58,75)(H,59,74)(H,60,78)(H,61,80)(H,62,77)(H,63,79)(H,64,69)(H,65,76)(H,70,71)(H,72,73)(H,83,84)/t30-,31-,32-,33+,34-,35-,36-,37-,38-,39-,43-,44-/m0/s1. The van der Waals surface area contributed by atoms with E-state index in [0.717, 1.165) is 38.5 Å². The molecule has 0 aromatic carbocycles. The molecule has 0 aromatic rings. The molecule has 10 amide bonds. The Balaban J connectivity index is 3.18. The van der Waals surface area contributed by atoms with Crippen molar-refractivity contribution in [2.45, 2.75) is 230 Å². The molecule has 0 saturated carbocycles. The van der Waals surface area contributed by atoms with Crippen LogP contribution in [-0.4, -0.2) is 200 Å². The quantitative estimate of drug-likeness (QED) is 0.0275. The number of rotatable bonds is 43. The molecule has 0 aliphatic carbocycles. The van der Waals surface area contributed by atoms with Crippen LogP contribution >= 0.6 is 0 Å². The number of hydrogen-bond donors (Lipinski definition) is 16. The van der Waals surface area contributed by atoms with Gasteiger partial charge in [-0.05, 0) is 97.6 Å². The lowest BCUT2D eigenvalue weighted by Gasteiger charge is -2.30. The first kappa shape index (κ1) is 75.0. The largest absolute Gasteiger partial charge is 0.481 e. The van der Waals surface area contributed by atoms with Gasteiger partial charge in [0.05, 0.1) is 25.6 Å². The Hall–Kier alpha value is -7.05. The monoisotopic (exact) mass is 1200 g/mol. The molecule has 12 atom stereocenters. The summed E-state index contributed by atoms with van der Waals surface area (Å²) >= 11 is 0. The minimum atomic E-state index is -1.99. The van der Waals surface area contributed by atoms with Gasteiger partial charge < -0.3 is 89.8 Å². The van der Waals surface area contributed by atoms with Crippen molar-refractivity contribution in [3.63, 3.8) is 0 Å². The van der Waals surface area contributed by atoms with E-state index in [9.17, 15) is 82.8 Å². The molecule has 0 bridgehead atoms. The summed E-state index contributed by atoms with van der Waals surface area (Å²) in [6, 6.07) is -15.0. The SMILES string of the molecule is CCCCCCCCCC(=O)N[C@H](C(=O)N[C@@H](C)C(=O)N[C@@H](CCCCN)C(=O)N[C@@H](C)C(=O)N1CCC[C@H]1C(=O)N[C@@H](CO)C(=O)N[C@@H](CCCCN)C(=O)N[C@H](C(=O)N[C@@H](CC(=O)O)C(=O)N[C@@H](CC(=O)O)C(=O)O)[C@@H](C)CC)[C@@H](C)O. The molecule has 1 aliphatic heterocycles. The van der Waals surface area contributed by atoms with Gasteiger partial charge in [-0.15, -0.1) is 0 Å². The summed E-state index contributed by atoms with van der Waals surface area (Å²) in [4.78, 5) is 171. The number of aliphatic carboxylic acids is 3. The molecule has 1 heterocycles. The maximum atomic E-state index is 14.0. The third-order valence-electron chi connectivity index (χ3n) is 14.2. The number of aliphatic hydroxyl groups excluding tert-OH is 2. The van der Waals surface area contributed by atoms with Crippen molar-refractivity contribution in [3.8, 4) is 0 Å². The van der Waals surface area contributed by atoms with Crippen LogP contribution in [0.4, 0.5) is 0 Å². The van der Waals surface area contributed by atoms with Gasteiger partial charge in [-0.3, -0.25) is 57.5 Å². The minimum Gasteiger partial charge on any atom is -0.481 e. The number of unbranched alkanes of at least 4 members (excludes halogenated alkanes) is 8. The summed E-state index contributed by atoms with van der Waals surface area (Å²) in [7, 11) is 0. The number of nitrogens with zero attached hydrogens (tertiary/aromatic N) is 1. The van der Waals surface area contributed by atoms with Crippen molar-refractivity contribution in [1.29, 1.82) is 0 Å². The van der Waals surface area contributed by atoms with E-state index in [4.69, 9.17) is 16.6 Å². The van der Waals surface area contributed by atoms with Crippen LogP contribution in [0.2, 0.25) is 0 Å². The third kappa shape index (κ3) is 27.6. The number of nitrogens with one attached hydrogen (secondary N) is 9. The lowest BCUT2D eigenvalue weighted by molar-refractivity contribution is -0.148. The van der Waals surface area contributed by atoms with Crippen molar-refractivity contribution in [1.82, 2.24) is 52.8 Å². The topological polar surface area (TPSA) is 487 Å². The summed E-state index contributed by atoms with van der Waals surface area (Å²) in [5.74, 6) is -14.6. The van der Waals surface area contributed by atoms with Crippen LogP contribution < -0.4 is 59.3 Å². The van der Waals surface area contributed by atoms with E-state index in [-0.39, 0.29) is 58.2 Å². The fourth-order valence-corrected chi connectivity index (χ4v) is 8.99. The number of carbonyl (C=O) groups excluding carboxylic acids is 10. The van der Waals surface area contributed by atoms with E-state index < -0.39 is 169 Å². The van der Waals surface area contributed by atoms with E-state index in [1.165, 1.54) is 32.6 Å². The number of carboxylic acids is 3. The van der Waals surface area contributed by atoms with Crippen LogP contribution in [-0.2, 0) is 62.3 Å². The van der Waals surface area contributed by atoms with Gasteiger partial charge in [0.2, 0.25) is 59.1 Å². The number of hydrogen-bond acceptors (Lipinski definition) is 17. The molecule has 30 nitrogen and oxygen atoms in total. The van der Waals surface area contributed by atoms with Gasteiger partial charge in [0, 0.05) is 13.0 Å². The van der Waals surface area contributed by atoms with Gasteiger partial charge in [-0.2, -0.15) is 0 Å². The van der Waals surface area contributed by atoms with Crippen molar-refractivity contribution in [2.24, 2.45) is 17.4 Å². The van der Waals surface area contributed by atoms with Crippen molar-refractivity contribution in [2.75, 3.05) is 26.2 Å². The first-order valence-corrected chi connectivity index (χ1v) is 29.1. The Bertz CT molecular complexity index is 2210. The molecule has 30 heteroatoms. The van der Waals surface area contributed by atoms with Crippen molar-refractivity contribution >= 4 is 77.0 Å².